The van der Waals surface area contributed by atoms with Crippen molar-refractivity contribution in [2.45, 2.75) is 48.5 Å². The standard InChI is InChI=1S/C5H7.C4H4N.2C4H9.Ti/c1-3-5-4-2;1-2-4-5-3-1;2*1-4(2)3;/h1,3-5H,2H3;1-3,5H;2*1-3H3;/q4*-1;+4. The summed E-state index contributed by atoms with van der Waals surface area (Å²) in [5, 5.41) is 0. The van der Waals surface area contributed by atoms with Gasteiger partial charge in [0.25, 0.3) is 0 Å². The zero-order chi connectivity index (χ0) is 14.8. The van der Waals surface area contributed by atoms with E-state index in [1.54, 1.807) is 6.08 Å². The van der Waals surface area contributed by atoms with E-state index < -0.39 is 0 Å². The minimum absolute atomic E-state index is 0. The molecule has 2 heteroatoms. The van der Waals surface area contributed by atoms with Crippen molar-refractivity contribution in [2.75, 3.05) is 0 Å². The van der Waals surface area contributed by atoms with Crippen LogP contribution in [0.2, 0.25) is 0 Å². The van der Waals surface area contributed by atoms with E-state index >= 15 is 0 Å². The third-order valence-corrected chi connectivity index (χ3v) is 0.746. The molecule has 1 aromatic heterocycles. The Kier molecular flexibility index (Phi) is 37.0. The second-order valence-corrected chi connectivity index (χ2v) is 4.53. The van der Waals surface area contributed by atoms with Gasteiger partial charge in [0.1, 0.15) is 0 Å². The van der Waals surface area contributed by atoms with Gasteiger partial charge in [0.05, 0.1) is 0 Å². The minimum atomic E-state index is 0. The zero-order valence-corrected chi connectivity index (χ0v) is 15.1. The van der Waals surface area contributed by atoms with Gasteiger partial charge < -0.3 is 16.8 Å². The molecule has 0 amide bonds. The SMILES string of the molecule is C[C-](C)C.C[C-](C)C.[CH-]=CC=CC.[Ti+4].[c-]1ccc[nH]1. The van der Waals surface area contributed by atoms with Crippen molar-refractivity contribution in [1.82, 2.24) is 4.98 Å². The zero-order valence-electron chi connectivity index (χ0n) is 13.5. The van der Waals surface area contributed by atoms with Crippen LogP contribution in [0.3, 0.4) is 0 Å². The molecule has 1 heterocycles. The number of rotatable bonds is 1. The van der Waals surface area contributed by atoms with Crippen LogP contribution in [0.15, 0.2) is 36.6 Å². The summed E-state index contributed by atoms with van der Waals surface area (Å²) in [6, 6.07) is 3.71. The van der Waals surface area contributed by atoms with Crippen molar-refractivity contribution in [2.24, 2.45) is 0 Å². The third-order valence-electron chi connectivity index (χ3n) is 0.746. The molecule has 0 radical (unpaired) electrons. The molecule has 1 N–H and O–H groups in total. The van der Waals surface area contributed by atoms with Crippen LogP contribution in [0.1, 0.15) is 48.5 Å². The molecule has 0 bridgehead atoms. The van der Waals surface area contributed by atoms with Crippen LogP contribution < -0.4 is 0 Å². The quantitative estimate of drug-likeness (QED) is 0.394. The fraction of sp³-hybridized carbons (Fsp3) is 0.412. The maximum atomic E-state index is 4.93. The molecule has 0 fully saturated rings. The summed E-state index contributed by atoms with van der Waals surface area (Å²) in [6.07, 6.45) is 9.71. The number of aromatic nitrogens is 1. The van der Waals surface area contributed by atoms with Crippen LogP contribution in [0.4, 0.5) is 0 Å². The first-order chi connectivity index (χ1) is 8.38. The summed E-state index contributed by atoms with van der Waals surface area (Å²) in [5.74, 6) is 2.83. The molecule has 0 aliphatic rings. The summed E-state index contributed by atoms with van der Waals surface area (Å²) in [4.78, 5) is 2.74. The summed E-state index contributed by atoms with van der Waals surface area (Å²) in [5.41, 5.74) is 0. The fourth-order valence-electron chi connectivity index (χ4n) is 0.352. The Labute approximate surface area is 136 Å². The van der Waals surface area contributed by atoms with Crippen LogP contribution in [-0.2, 0) is 21.7 Å². The van der Waals surface area contributed by atoms with E-state index in [1.165, 1.54) is 17.9 Å². The molecule has 106 valence electrons. The number of hydrogen-bond donors (Lipinski definition) is 1. The molecule has 0 atom stereocenters. The first-order valence-electron chi connectivity index (χ1n) is 6.07. The van der Waals surface area contributed by atoms with Gasteiger partial charge in [0.15, 0.2) is 0 Å². The van der Waals surface area contributed by atoms with E-state index in [0.29, 0.717) is 0 Å². The van der Waals surface area contributed by atoms with Gasteiger partial charge in [0.2, 0.25) is 0 Å². The van der Waals surface area contributed by atoms with Crippen LogP contribution in [0.25, 0.3) is 0 Å². The second kappa shape index (κ2) is 26.1. The van der Waals surface area contributed by atoms with E-state index in [4.69, 9.17) is 6.58 Å². The monoisotopic (exact) mass is 295 g/mol. The van der Waals surface area contributed by atoms with Crippen molar-refractivity contribution in [3.63, 3.8) is 0 Å². The van der Waals surface area contributed by atoms with E-state index in [9.17, 15) is 0 Å². The predicted octanol–water partition coefficient (Wildman–Crippen LogP) is 5.61. The summed E-state index contributed by atoms with van der Waals surface area (Å²) < 4.78 is 0. The average molecular weight is 295 g/mol. The van der Waals surface area contributed by atoms with Gasteiger partial charge in [-0.2, -0.15) is 65.9 Å². The largest absolute Gasteiger partial charge is 4.00 e. The van der Waals surface area contributed by atoms with E-state index in [2.05, 4.69) is 52.7 Å². The topological polar surface area (TPSA) is 15.8 Å². The third kappa shape index (κ3) is 99.8. The summed E-state index contributed by atoms with van der Waals surface area (Å²) >= 11 is 0. The molecule has 0 aliphatic heterocycles. The normalized spacial score (nSPS) is 8.26. The van der Waals surface area contributed by atoms with Crippen LogP contribution in [-0.4, -0.2) is 4.98 Å². The Morgan fingerprint density at radius 1 is 1.05 bits per heavy atom. The van der Waals surface area contributed by atoms with Crippen molar-refractivity contribution >= 4 is 0 Å². The van der Waals surface area contributed by atoms with Crippen LogP contribution >= 0.6 is 0 Å². The maximum absolute atomic E-state index is 4.93. The van der Waals surface area contributed by atoms with Gasteiger partial charge in [-0.05, 0) is 0 Å². The molecule has 1 aromatic rings. The molecule has 0 unspecified atom stereocenters. The molecule has 0 saturated carbocycles. The number of hydrogen-bond acceptors (Lipinski definition) is 0. The molecule has 19 heavy (non-hydrogen) atoms. The first-order valence-corrected chi connectivity index (χ1v) is 6.07. The van der Waals surface area contributed by atoms with Crippen molar-refractivity contribution < 1.29 is 21.7 Å². The molecule has 0 aromatic carbocycles. The molecular formula is C17H29NTi. The number of allylic oxidation sites excluding steroid dienone is 3. The van der Waals surface area contributed by atoms with E-state index in [1.807, 2.05) is 31.3 Å². The van der Waals surface area contributed by atoms with Gasteiger partial charge in [0, 0.05) is 0 Å². The molecule has 0 spiro atoms. The molecule has 0 saturated heterocycles. The number of nitrogens with one attached hydrogen (secondary N) is 1. The predicted molar refractivity (Wildman–Crippen MR) is 83.8 cm³/mol. The fourth-order valence-corrected chi connectivity index (χ4v) is 0.352. The average Bonchev–Trinajstić information content (AvgIpc) is 2.74. The van der Waals surface area contributed by atoms with Gasteiger partial charge in [-0.3, -0.25) is 6.58 Å². The van der Waals surface area contributed by atoms with Crippen LogP contribution in [0.5, 0.6) is 0 Å². The van der Waals surface area contributed by atoms with Gasteiger partial charge in [-0.1, -0.05) is 6.92 Å². The molecule has 0 aliphatic carbocycles. The Hall–Kier alpha value is -0.526. The summed E-state index contributed by atoms with van der Waals surface area (Å²) in [6.45, 7) is 19.3. The Balaban J connectivity index is -0.0000000782. The van der Waals surface area contributed by atoms with Crippen molar-refractivity contribution in [1.29, 1.82) is 0 Å². The van der Waals surface area contributed by atoms with Crippen molar-refractivity contribution in [3.05, 3.63) is 61.2 Å². The van der Waals surface area contributed by atoms with Crippen LogP contribution in [0, 0.1) is 24.6 Å². The van der Waals surface area contributed by atoms with E-state index in [-0.39, 0.29) is 21.7 Å². The summed E-state index contributed by atoms with van der Waals surface area (Å²) in [7, 11) is 0. The molecular weight excluding hydrogens is 266 g/mol. The number of aromatic amines is 1. The minimum Gasteiger partial charge on any atom is -0.484 e. The van der Waals surface area contributed by atoms with Gasteiger partial charge in [-0.25, -0.2) is 12.2 Å². The smallest absolute Gasteiger partial charge is 0.484 e. The molecule has 1 rings (SSSR count). The molecule has 1 nitrogen and oxygen atoms in total. The first kappa shape index (κ1) is 26.9. The van der Waals surface area contributed by atoms with E-state index in [0.717, 1.165) is 0 Å². The van der Waals surface area contributed by atoms with Gasteiger partial charge in [-0.15, -0.1) is 6.20 Å². The second-order valence-electron chi connectivity index (χ2n) is 4.53. The maximum Gasteiger partial charge on any atom is 4.00 e. The Morgan fingerprint density at radius 3 is 1.53 bits per heavy atom. The Bertz CT molecular complexity index is 207. The van der Waals surface area contributed by atoms with Crippen molar-refractivity contribution in [3.8, 4) is 0 Å². The Morgan fingerprint density at radius 2 is 1.47 bits per heavy atom. The number of H-pyrrole nitrogens is 1. The van der Waals surface area contributed by atoms with Gasteiger partial charge >= 0.3 is 21.7 Å².